The van der Waals surface area contributed by atoms with Crippen LogP contribution in [0.1, 0.15) is 11.6 Å². The number of hydrogen-bond donors (Lipinski definition) is 1. The Balaban J connectivity index is 0.00000324. The fraction of sp³-hybridized carbons (Fsp3) is 0.400. The molecule has 1 atom stereocenters. The van der Waals surface area contributed by atoms with Gasteiger partial charge in [0.25, 0.3) is 6.43 Å². The molecule has 0 saturated heterocycles. The average molecular weight is 310 g/mol. The first-order valence-electron chi connectivity index (χ1n) is 4.75. The molecule has 0 aliphatic rings. The van der Waals surface area contributed by atoms with Crippen molar-refractivity contribution >= 4 is 12.4 Å². The molecule has 0 fully saturated rings. The Morgan fingerprint density at radius 3 is 2.16 bits per heavy atom. The Labute approximate surface area is 111 Å². The molecule has 0 heterocycles. The molecule has 0 saturated carbocycles. The molecule has 0 radical (unpaired) electrons. The molecule has 1 aromatic carbocycles. The summed E-state index contributed by atoms with van der Waals surface area (Å²) >= 11 is 0. The van der Waals surface area contributed by atoms with E-state index in [0.29, 0.717) is 6.07 Å². The Morgan fingerprint density at radius 1 is 1.21 bits per heavy atom. The Hall–Kier alpha value is -1.15. The van der Waals surface area contributed by atoms with Crippen molar-refractivity contribution in [2.24, 2.45) is 0 Å². The molecular formula is C10H10ClF6NO. The van der Waals surface area contributed by atoms with E-state index in [9.17, 15) is 26.3 Å². The number of halogens is 7. The topological polar surface area (TPSA) is 21.3 Å². The maximum atomic E-state index is 13.4. The number of alkyl halides is 5. The van der Waals surface area contributed by atoms with Gasteiger partial charge < -0.3 is 10.1 Å². The molecule has 110 valence electrons. The van der Waals surface area contributed by atoms with Crippen LogP contribution >= 0.6 is 12.4 Å². The largest absolute Gasteiger partial charge is 0.573 e. The molecule has 1 aromatic rings. The van der Waals surface area contributed by atoms with E-state index in [1.165, 1.54) is 7.05 Å². The third-order valence-corrected chi connectivity index (χ3v) is 2.10. The summed E-state index contributed by atoms with van der Waals surface area (Å²) in [4.78, 5) is 0. The number of rotatable bonds is 4. The SMILES string of the molecule is CN[C@@H](c1ccc(OC(F)(F)F)cc1F)C(F)F.Cl. The minimum absolute atomic E-state index is 0. The van der Waals surface area contributed by atoms with Crippen molar-refractivity contribution in [3.8, 4) is 5.75 Å². The van der Waals surface area contributed by atoms with Crippen LogP contribution in [0.15, 0.2) is 18.2 Å². The van der Waals surface area contributed by atoms with Gasteiger partial charge in [0.15, 0.2) is 0 Å². The Morgan fingerprint density at radius 2 is 1.79 bits per heavy atom. The van der Waals surface area contributed by atoms with Crippen molar-refractivity contribution in [1.82, 2.24) is 5.32 Å². The summed E-state index contributed by atoms with van der Waals surface area (Å²) in [6.07, 6.45) is -7.85. The van der Waals surface area contributed by atoms with E-state index in [1.807, 2.05) is 0 Å². The summed E-state index contributed by atoms with van der Waals surface area (Å²) in [7, 11) is 1.19. The maximum absolute atomic E-state index is 13.4. The Kier molecular flexibility index (Phi) is 6.44. The van der Waals surface area contributed by atoms with Gasteiger partial charge in [0.1, 0.15) is 11.6 Å². The van der Waals surface area contributed by atoms with Crippen molar-refractivity contribution in [3.05, 3.63) is 29.6 Å². The van der Waals surface area contributed by atoms with Crippen LogP contribution in [0.5, 0.6) is 5.75 Å². The van der Waals surface area contributed by atoms with E-state index < -0.39 is 36.0 Å². The van der Waals surface area contributed by atoms with E-state index in [2.05, 4.69) is 10.1 Å². The highest BCUT2D eigenvalue weighted by atomic mass is 35.5. The van der Waals surface area contributed by atoms with Crippen LogP contribution in [0.2, 0.25) is 0 Å². The van der Waals surface area contributed by atoms with Crippen LogP contribution in [-0.2, 0) is 0 Å². The summed E-state index contributed by atoms with van der Waals surface area (Å²) in [5.41, 5.74) is -0.429. The van der Waals surface area contributed by atoms with Crippen molar-refractivity contribution < 1.29 is 31.1 Å². The van der Waals surface area contributed by atoms with E-state index in [0.717, 1.165) is 12.1 Å². The van der Waals surface area contributed by atoms with Crippen molar-refractivity contribution in [2.75, 3.05) is 7.05 Å². The predicted molar refractivity (Wildman–Crippen MR) is 58.1 cm³/mol. The van der Waals surface area contributed by atoms with E-state index in [-0.39, 0.29) is 12.4 Å². The zero-order valence-corrected chi connectivity index (χ0v) is 10.3. The first-order chi connectivity index (χ1) is 8.24. The van der Waals surface area contributed by atoms with Gasteiger partial charge in [0.2, 0.25) is 0 Å². The highest BCUT2D eigenvalue weighted by molar-refractivity contribution is 5.85. The van der Waals surface area contributed by atoms with Crippen LogP contribution in [-0.4, -0.2) is 19.8 Å². The second-order valence-electron chi connectivity index (χ2n) is 3.33. The molecule has 2 nitrogen and oxygen atoms in total. The van der Waals surface area contributed by atoms with Gasteiger partial charge in [0, 0.05) is 11.6 Å². The van der Waals surface area contributed by atoms with Crippen LogP contribution in [0, 0.1) is 5.82 Å². The third-order valence-electron chi connectivity index (χ3n) is 2.10. The average Bonchev–Trinajstić information content (AvgIpc) is 2.19. The number of nitrogens with one attached hydrogen (secondary N) is 1. The molecule has 0 amide bonds. The van der Waals surface area contributed by atoms with Gasteiger partial charge >= 0.3 is 6.36 Å². The van der Waals surface area contributed by atoms with Gasteiger partial charge in [0.05, 0.1) is 6.04 Å². The quantitative estimate of drug-likeness (QED) is 0.857. The summed E-state index contributed by atoms with van der Waals surface area (Å²) in [6, 6.07) is 0.419. The smallest absolute Gasteiger partial charge is 0.406 e. The van der Waals surface area contributed by atoms with Gasteiger partial charge in [-0.3, -0.25) is 0 Å². The van der Waals surface area contributed by atoms with Crippen molar-refractivity contribution in [1.29, 1.82) is 0 Å². The molecule has 0 spiro atoms. The summed E-state index contributed by atoms with van der Waals surface area (Å²) in [5.74, 6) is -2.00. The lowest BCUT2D eigenvalue weighted by Gasteiger charge is -2.17. The summed E-state index contributed by atoms with van der Waals surface area (Å²) in [6.45, 7) is 0. The predicted octanol–water partition coefficient (Wildman–Crippen LogP) is 3.67. The molecule has 1 N–H and O–H groups in total. The maximum Gasteiger partial charge on any atom is 0.573 e. The standard InChI is InChI=1S/C10H9F6NO.ClH/c1-17-8(9(12)13)6-3-2-5(4-7(6)11)18-10(14,15)16;/h2-4,8-9,17H,1H3;1H/t8-;/m0./s1. The van der Waals surface area contributed by atoms with Gasteiger partial charge in [-0.2, -0.15) is 0 Å². The van der Waals surface area contributed by atoms with Crippen molar-refractivity contribution in [2.45, 2.75) is 18.8 Å². The lowest BCUT2D eigenvalue weighted by molar-refractivity contribution is -0.274. The van der Waals surface area contributed by atoms with E-state index in [4.69, 9.17) is 0 Å². The molecule has 9 heteroatoms. The normalized spacial score (nSPS) is 13.1. The number of ether oxygens (including phenoxy) is 1. The minimum Gasteiger partial charge on any atom is -0.406 e. The molecule has 0 aliphatic carbocycles. The molecule has 19 heavy (non-hydrogen) atoms. The molecule has 0 aliphatic heterocycles. The van der Waals surface area contributed by atoms with Gasteiger partial charge in [-0.05, 0) is 13.1 Å². The fourth-order valence-electron chi connectivity index (χ4n) is 1.37. The summed E-state index contributed by atoms with van der Waals surface area (Å²) < 4.78 is 77.4. The third kappa shape index (κ3) is 5.15. The highest BCUT2D eigenvalue weighted by Gasteiger charge is 2.32. The molecule has 0 aromatic heterocycles. The highest BCUT2D eigenvalue weighted by Crippen LogP contribution is 2.28. The van der Waals surface area contributed by atoms with Crippen LogP contribution in [0.25, 0.3) is 0 Å². The lowest BCUT2D eigenvalue weighted by Crippen LogP contribution is -2.25. The zero-order valence-electron chi connectivity index (χ0n) is 9.47. The number of benzene rings is 1. The second-order valence-corrected chi connectivity index (χ2v) is 3.33. The monoisotopic (exact) mass is 309 g/mol. The van der Waals surface area contributed by atoms with Crippen LogP contribution in [0.4, 0.5) is 26.3 Å². The van der Waals surface area contributed by atoms with Gasteiger partial charge in [-0.1, -0.05) is 6.07 Å². The van der Waals surface area contributed by atoms with Crippen LogP contribution in [0.3, 0.4) is 0 Å². The zero-order chi connectivity index (χ0) is 13.9. The molecule has 1 rings (SSSR count). The lowest BCUT2D eigenvalue weighted by atomic mass is 10.1. The molecular weight excluding hydrogens is 300 g/mol. The second kappa shape index (κ2) is 6.85. The molecule has 0 bridgehead atoms. The molecule has 0 unspecified atom stereocenters. The summed E-state index contributed by atoms with van der Waals surface area (Å²) in [5, 5.41) is 2.17. The first-order valence-corrected chi connectivity index (χ1v) is 4.75. The van der Waals surface area contributed by atoms with Crippen LogP contribution < -0.4 is 10.1 Å². The first kappa shape index (κ1) is 17.8. The number of hydrogen-bond acceptors (Lipinski definition) is 2. The fourth-order valence-corrected chi connectivity index (χ4v) is 1.37. The Bertz CT molecular complexity index is 411. The van der Waals surface area contributed by atoms with Gasteiger partial charge in [-0.25, -0.2) is 13.2 Å². The van der Waals surface area contributed by atoms with Crippen molar-refractivity contribution in [3.63, 3.8) is 0 Å². The van der Waals surface area contributed by atoms with E-state index >= 15 is 0 Å². The minimum atomic E-state index is -4.96. The van der Waals surface area contributed by atoms with Gasteiger partial charge in [-0.15, -0.1) is 25.6 Å². The van der Waals surface area contributed by atoms with E-state index in [1.54, 1.807) is 0 Å².